The Morgan fingerprint density at radius 1 is 1.22 bits per heavy atom. The first-order chi connectivity index (χ1) is 7.45. The fourth-order valence-electron chi connectivity index (χ4n) is 0.581. The van der Waals surface area contributed by atoms with Crippen LogP contribution in [0.5, 0.6) is 0 Å². The monoisotopic (exact) mass is 392 g/mol. The van der Waals surface area contributed by atoms with Crippen molar-refractivity contribution in [3.05, 3.63) is 35.9 Å². The van der Waals surface area contributed by atoms with Gasteiger partial charge in [-0.2, -0.15) is 5.26 Å². The minimum atomic E-state index is -5.16. The van der Waals surface area contributed by atoms with Crippen LogP contribution in [-0.4, -0.2) is 11.1 Å². The van der Waals surface area contributed by atoms with Crippen molar-refractivity contribution in [3.63, 3.8) is 0 Å². The van der Waals surface area contributed by atoms with Gasteiger partial charge in [0.25, 0.3) is 0 Å². The SMILES string of the molecule is C.C.CC#N.O=C(O)c1ccccc1.[F][Ce]([F])[F]. The molecule has 0 aliphatic heterocycles. The third-order valence-corrected chi connectivity index (χ3v) is 1.02. The molecule has 1 rings (SSSR count). The Bertz CT molecular complexity index is 326. The summed E-state index contributed by atoms with van der Waals surface area (Å²) in [6.07, 6.45) is 0. The maximum absolute atomic E-state index is 10.2. The van der Waals surface area contributed by atoms with Gasteiger partial charge in [-0.1, -0.05) is 33.1 Å². The van der Waals surface area contributed by atoms with Gasteiger partial charge in [0, 0.05) is 6.92 Å². The molecule has 0 bridgehead atoms. The minimum absolute atomic E-state index is 0. The molecule has 0 unspecified atom stereocenters. The molecule has 0 atom stereocenters. The van der Waals surface area contributed by atoms with E-state index in [1.54, 1.807) is 36.4 Å². The van der Waals surface area contributed by atoms with Gasteiger partial charge in [-0.05, 0) is 12.1 Å². The van der Waals surface area contributed by atoms with Crippen LogP contribution >= 0.6 is 0 Å². The quantitative estimate of drug-likeness (QED) is 0.768. The summed E-state index contributed by atoms with van der Waals surface area (Å²) in [6, 6.07) is 10.0. The topological polar surface area (TPSA) is 61.1 Å². The fraction of sp³-hybridized carbons (Fsp3) is 0.273. The number of hydrogen-bond donors (Lipinski definition) is 1. The molecule has 7 heteroatoms. The van der Waals surface area contributed by atoms with Crippen LogP contribution in [0.2, 0.25) is 0 Å². The second kappa shape index (κ2) is 18.7. The van der Waals surface area contributed by atoms with Crippen molar-refractivity contribution in [1.82, 2.24) is 0 Å². The standard InChI is InChI=1S/C7H6O2.C2H3N.2CH4.Ce.3FH/c8-7(9)6-4-2-1-3-5-6;1-2-3;;;;;;/h1-5H,(H,8,9);1H3;2*1H4;;3*1H/q;;;;+3;;;/p-3. The first kappa shape index (κ1) is 26.0. The average Bonchev–Trinajstić information content (AvgIpc) is 2.19. The van der Waals surface area contributed by atoms with Crippen molar-refractivity contribution in [2.75, 3.05) is 0 Å². The number of hydrogen-bond acceptors (Lipinski definition) is 2. The van der Waals surface area contributed by atoms with Crippen molar-refractivity contribution < 1.29 is 50.6 Å². The van der Waals surface area contributed by atoms with Crippen LogP contribution < -0.4 is 0 Å². The van der Waals surface area contributed by atoms with E-state index in [1.165, 1.54) is 6.92 Å². The van der Waals surface area contributed by atoms with E-state index in [9.17, 15) is 7.52 Å². The van der Waals surface area contributed by atoms with Crippen molar-refractivity contribution in [3.8, 4) is 6.07 Å². The third kappa shape index (κ3) is 24.5. The van der Waals surface area contributed by atoms with Gasteiger partial charge in [0.15, 0.2) is 0 Å². The molecular weight excluding hydrogens is 375 g/mol. The van der Waals surface area contributed by atoms with Crippen LogP contribution in [-0.2, 0) is 0 Å². The van der Waals surface area contributed by atoms with E-state index in [-0.39, 0.29) is 14.9 Å². The number of nitriles is 1. The molecule has 0 heterocycles. The van der Waals surface area contributed by atoms with Gasteiger partial charge in [0.1, 0.15) is 0 Å². The predicted octanol–water partition coefficient (Wildman–Crippen LogP) is 4.45. The molecule has 0 spiro atoms. The number of carboxylic acids is 1. The summed E-state index contributed by atoms with van der Waals surface area (Å²) in [5, 5.41) is 15.7. The molecule has 0 fully saturated rings. The van der Waals surface area contributed by atoms with Gasteiger partial charge in [-0.3, -0.25) is 0 Å². The number of aromatic carboxylic acids is 1. The zero-order valence-corrected chi connectivity index (χ0v) is 11.5. The summed E-state index contributed by atoms with van der Waals surface area (Å²) in [7, 11) is 0. The van der Waals surface area contributed by atoms with Crippen molar-refractivity contribution in [2.24, 2.45) is 0 Å². The van der Waals surface area contributed by atoms with Gasteiger partial charge in [-0.15, -0.1) is 0 Å². The van der Waals surface area contributed by atoms with Crippen LogP contribution in [0.15, 0.2) is 30.3 Å². The van der Waals surface area contributed by atoms with E-state index in [0.29, 0.717) is 5.56 Å². The number of rotatable bonds is 1. The summed E-state index contributed by atoms with van der Waals surface area (Å²) in [5.74, 6) is -0.879. The first-order valence-corrected chi connectivity index (χ1v) is 7.44. The summed E-state index contributed by atoms with van der Waals surface area (Å²) in [6.45, 7) is 1.43. The zero-order valence-electron chi connectivity index (χ0n) is 8.32. The fourth-order valence-corrected chi connectivity index (χ4v) is 0.581. The Hall–Kier alpha value is -0.653. The molecule has 1 aromatic carbocycles. The first-order valence-electron chi connectivity index (χ1n) is 3.88. The zero-order chi connectivity index (χ0) is 13.0. The summed E-state index contributed by atoms with van der Waals surface area (Å²) >= 11 is -5.16. The molecule has 0 saturated heterocycles. The van der Waals surface area contributed by atoms with Gasteiger partial charge < -0.3 is 5.11 Å². The molecule has 0 radical (unpaired) electrons. The summed E-state index contributed by atoms with van der Waals surface area (Å²) in [4.78, 5) is 10.2. The number of carboxylic acid groups (broad SMARTS) is 1. The Morgan fingerprint density at radius 3 is 1.67 bits per heavy atom. The number of nitrogens with zero attached hydrogens (tertiary/aromatic N) is 1. The molecule has 0 amide bonds. The summed E-state index contributed by atoms with van der Waals surface area (Å²) < 4.78 is 29.6. The molecule has 0 aliphatic carbocycles. The average molecular weight is 392 g/mol. The number of benzene rings is 1. The van der Waals surface area contributed by atoms with Gasteiger partial charge >= 0.3 is 46.6 Å². The van der Waals surface area contributed by atoms with E-state index in [1.807, 2.05) is 0 Å². The Morgan fingerprint density at radius 2 is 1.50 bits per heavy atom. The maximum atomic E-state index is 10.2. The van der Waals surface area contributed by atoms with Crippen LogP contribution in [0.4, 0.5) is 2.73 Å². The summed E-state index contributed by atoms with van der Waals surface area (Å²) in [5.41, 5.74) is 0.331. The molecule has 0 aliphatic rings. The Balaban J connectivity index is -0.0000000943. The number of halogens is 3. The van der Waals surface area contributed by atoms with E-state index in [4.69, 9.17) is 10.4 Å². The van der Waals surface area contributed by atoms with E-state index in [0.717, 1.165) is 0 Å². The van der Waals surface area contributed by atoms with Crippen molar-refractivity contribution in [1.29, 1.82) is 5.26 Å². The molecule has 103 valence electrons. The van der Waals surface area contributed by atoms with Crippen LogP contribution in [0.1, 0.15) is 32.1 Å². The second-order valence-corrected chi connectivity index (χ2v) is 3.45. The molecular formula is C11H17CeF3NO2. The number of carbonyl (C=O) groups is 1. The Kier molecular flexibility index (Phi) is 27.0. The van der Waals surface area contributed by atoms with Crippen molar-refractivity contribution in [2.45, 2.75) is 21.8 Å². The van der Waals surface area contributed by atoms with E-state index >= 15 is 0 Å². The molecule has 3 nitrogen and oxygen atoms in total. The predicted molar refractivity (Wildman–Crippen MR) is 61.5 cm³/mol. The van der Waals surface area contributed by atoms with Gasteiger partial charge in [-0.25, -0.2) is 4.79 Å². The molecule has 0 aromatic heterocycles. The van der Waals surface area contributed by atoms with Crippen LogP contribution in [0.25, 0.3) is 0 Å². The second-order valence-electron chi connectivity index (χ2n) is 2.11. The van der Waals surface area contributed by atoms with Gasteiger partial charge in [0.2, 0.25) is 0 Å². The Labute approximate surface area is 125 Å². The van der Waals surface area contributed by atoms with E-state index in [2.05, 4.69) is 0 Å². The third-order valence-electron chi connectivity index (χ3n) is 1.02. The molecule has 1 N–H and O–H groups in total. The van der Waals surface area contributed by atoms with Crippen molar-refractivity contribution >= 4 is 5.97 Å². The van der Waals surface area contributed by atoms with Crippen LogP contribution in [0, 0.1) is 49.3 Å². The normalized spacial score (nSPS) is 6.39. The van der Waals surface area contributed by atoms with Crippen LogP contribution in [0.3, 0.4) is 0 Å². The van der Waals surface area contributed by atoms with E-state index < -0.39 is 43.9 Å². The molecule has 18 heavy (non-hydrogen) atoms. The van der Waals surface area contributed by atoms with Gasteiger partial charge in [0.05, 0.1) is 11.6 Å². The molecule has 0 saturated carbocycles. The molecule has 1 aromatic rings.